The number of nitrogens with two attached hydrogens (primary N) is 1. The smallest absolute Gasteiger partial charge is 0.246 e. The van der Waals surface area contributed by atoms with Crippen LogP contribution in [-0.2, 0) is 4.79 Å². The van der Waals surface area contributed by atoms with Crippen molar-refractivity contribution in [3.63, 3.8) is 0 Å². The van der Waals surface area contributed by atoms with Crippen LogP contribution < -0.4 is 5.73 Å². The summed E-state index contributed by atoms with van der Waals surface area (Å²) in [6, 6.07) is 7.44. The Hall–Kier alpha value is -1.81. The first-order valence-electron chi connectivity index (χ1n) is 7.07. The second-order valence-electron chi connectivity index (χ2n) is 5.41. The van der Waals surface area contributed by atoms with Crippen molar-refractivity contribution in [1.29, 1.82) is 0 Å². The van der Waals surface area contributed by atoms with Gasteiger partial charge in [0.25, 0.3) is 0 Å². The van der Waals surface area contributed by atoms with Crippen molar-refractivity contribution in [1.82, 2.24) is 4.90 Å². The number of carbonyl (C=O) groups is 1. The molecule has 0 aliphatic carbocycles. The Balaban J connectivity index is 1.90. The van der Waals surface area contributed by atoms with E-state index in [4.69, 9.17) is 5.73 Å². The van der Waals surface area contributed by atoms with Crippen molar-refractivity contribution < 1.29 is 9.90 Å². The minimum absolute atomic E-state index is 0.0245. The van der Waals surface area contributed by atoms with Crippen molar-refractivity contribution in [3.05, 3.63) is 35.9 Å². The summed E-state index contributed by atoms with van der Waals surface area (Å²) in [5, 5.41) is 9.55. The van der Waals surface area contributed by atoms with Crippen LogP contribution in [-0.4, -0.2) is 35.1 Å². The second kappa shape index (κ2) is 6.57. The zero-order chi connectivity index (χ0) is 14.5. The highest BCUT2D eigenvalue weighted by Gasteiger charge is 2.24. The number of benzene rings is 1. The van der Waals surface area contributed by atoms with Crippen LogP contribution in [0.1, 0.15) is 25.3 Å². The van der Waals surface area contributed by atoms with E-state index in [1.165, 1.54) is 0 Å². The van der Waals surface area contributed by atoms with Crippen LogP contribution in [0.25, 0.3) is 6.08 Å². The van der Waals surface area contributed by atoms with E-state index in [1.807, 2.05) is 36.1 Å². The molecule has 3 N–H and O–H groups in total. The van der Waals surface area contributed by atoms with Crippen LogP contribution >= 0.6 is 0 Å². The number of hydrogen-bond donors (Lipinski definition) is 2. The lowest BCUT2D eigenvalue weighted by Crippen LogP contribution is -2.39. The Bertz CT molecular complexity index is 489. The average molecular weight is 274 g/mol. The standard InChI is InChI=1S/C16H22N2O2/c1-12(19)14-7-9-18(10-8-14)16(20)6-5-13-3-2-4-15(17)11-13/h2-6,11-12,14,19H,7-10,17H2,1H3/b6-5+. The number of aliphatic hydroxyl groups is 1. The monoisotopic (exact) mass is 274 g/mol. The van der Waals surface area contributed by atoms with Gasteiger partial charge in [-0.2, -0.15) is 0 Å². The van der Waals surface area contributed by atoms with Crippen molar-refractivity contribution in [2.24, 2.45) is 5.92 Å². The lowest BCUT2D eigenvalue weighted by Gasteiger charge is -2.32. The maximum absolute atomic E-state index is 12.1. The average Bonchev–Trinajstić information content (AvgIpc) is 2.45. The number of piperidine rings is 1. The highest BCUT2D eigenvalue weighted by Crippen LogP contribution is 2.20. The fourth-order valence-electron chi connectivity index (χ4n) is 2.54. The third-order valence-corrected chi connectivity index (χ3v) is 3.86. The first-order valence-corrected chi connectivity index (χ1v) is 7.07. The van der Waals surface area contributed by atoms with E-state index in [0.29, 0.717) is 11.6 Å². The molecule has 1 heterocycles. The third-order valence-electron chi connectivity index (χ3n) is 3.86. The highest BCUT2D eigenvalue weighted by molar-refractivity contribution is 5.91. The van der Waals surface area contributed by atoms with Crippen LogP contribution in [0.4, 0.5) is 5.69 Å². The predicted molar refractivity (Wildman–Crippen MR) is 80.9 cm³/mol. The van der Waals surface area contributed by atoms with Gasteiger partial charge in [0.05, 0.1) is 6.10 Å². The van der Waals surface area contributed by atoms with Crippen molar-refractivity contribution >= 4 is 17.7 Å². The number of hydrogen-bond acceptors (Lipinski definition) is 3. The molecule has 1 amide bonds. The van der Waals surface area contributed by atoms with Crippen molar-refractivity contribution in [2.45, 2.75) is 25.9 Å². The molecule has 1 aromatic rings. The zero-order valence-electron chi connectivity index (χ0n) is 11.8. The molecule has 20 heavy (non-hydrogen) atoms. The minimum atomic E-state index is -0.282. The lowest BCUT2D eigenvalue weighted by atomic mass is 9.92. The first kappa shape index (κ1) is 14.6. The van der Waals surface area contributed by atoms with Gasteiger partial charge in [0.1, 0.15) is 0 Å². The van der Waals surface area contributed by atoms with Gasteiger partial charge in [0.15, 0.2) is 0 Å². The molecule has 2 rings (SSSR count). The molecule has 1 unspecified atom stereocenters. The predicted octanol–water partition coefficient (Wildman–Crippen LogP) is 1.90. The Morgan fingerprint density at radius 3 is 2.75 bits per heavy atom. The van der Waals surface area contributed by atoms with Gasteiger partial charge >= 0.3 is 0 Å². The number of nitrogens with zero attached hydrogens (tertiary/aromatic N) is 1. The Morgan fingerprint density at radius 1 is 1.45 bits per heavy atom. The number of carbonyl (C=O) groups excluding carboxylic acids is 1. The van der Waals surface area contributed by atoms with Gasteiger partial charge in [-0.3, -0.25) is 4.79 Å². The molecule has 4 heteroatoms. The summed E-state index contributed by atoms with van der Waals surface area (Å²) in [6.07, 6.45) is 4.84. The molecule has 1 aromatic carbocycles. The number of aliphatic hydroxyl groups excluding tert-OH is 1. The Labute approximate surface area is 119 Å². The van der Waals surface area contributed by atoms with E-state index < -0.39 is 0 Å². The molecule has 108 valence electrons. The molecule has 1 atom stereocenters. The third kappa shape index (κ3) is 3.84. The number of amides is 1. The Morgan fingerprint density at radius 2 is 2.15 bits per heavy atom. The molecule has 1 saturated heterocycles. The molecule has 0 spiro atoms. The SMILES string of the molecule is CC(O)C1CCN(C(=O)/C=C/c2cccc(N)c2)CC1. The van der Waals surface area contributed by atoms with Crippen LogP contribution in [0, 0.1) is 5.92 Å². The van der Waals surface area contributed by atoms with Gasteiger partial charge in [0.2, 0.25) is 5.91 Å². The molecular formula is C16H22N2O2. The summed E-state index contributed by atoms with van der Waals surface area (Å²) in [5.74, 6) is 0.341. The molecule has 1 fully saturated rings. The summed E-state index contributed by atoms with van der Waals surface area (Å²) in [7, 11) is 0. The lowest BCUT2D eigenvalue weighted by molar-refractivity contribution is -0.127. The van der Waals surface area contributed by atoms with Gasteiger partial charge < -0.3 is 15.7 Å². The molecular weight excluding hydrogens is 252 g/mol. The van der Waals surface area contributed by atoms with Crippen LogP contribution in [0.5, 0.6) is 0 Å². The summed E-state index contributed by atoms with van der Waals surface area (Å²) in [5.41, 5.74) is 7.32. The van der Waals surface area contributed by atoms with Gasteiger partial charge in [-0.1, -0.05) is 12.1 Å². The quantitative estimate of drug-likeness (QED) is 0.653. The highest BCUT2D eigenvalue weighted by atomic mass is 16.3. The number of nitrogen functional groups attached to an aromatic ring is 1. The van der Waals surface area contributed by atoms with Crippen LogP contribution in [0.2, 0.25) is 0 Å². The largest absolute Gasteiger partial charge is 0.399 e. The van der Waals surface area contributed by atoms with Gasteiger partial charge in [0, 0.05) is 24.9 Å². The Kier molecular flexibility index (Phi) is 4.79. The first-order chi connectivity index (χ1) is 9.56. The maximum Gasteiger partial charge on any atom is 0.246 e. The van der Waals surface area contributed by atoms with Crippen molar-refractivity contribution in [3.8, 4) is 0 Å². The second-order valence-corrected chi connectivity index (χ2v) is 5.41. The van der Waals surface area contributed by atoms with E-state index in [2.05, 4.69) is 0 Å². The van der Waals surface area contributed by atoms with E-state index in [9.17, 15) is 9.90 Å². The van der Waals surface area contributed by atoms with E-state index in [-0.39, 0.29) is 12.0 Å². The molecule has 0 saturated carbocycles. The van der Waals surface area contributed by atoms with E-state index in [0.717, 1.165) is 31.5 Å². The van der Waals surface area contributed by atoms with E-state index in [1.54, 1.807) is 12.2 Å². The number of anilines is 1. The topological polar surface area (TPSA) is 66.6 Å². The van der Waals surface area contributed by atoms with Gasteiger partial charge in [-0.15, -0.1) is 0 Å². The van der Waals surface area contributed by atoms with Gasteiger partial charge in [-0.05, 0) is 49.5 Å². The van der Waals surface area contributed by atoms with Crippen LogP contribution in [0.3, 0.4) is 0 Å². The fraction of sp³-hybridized carbons (Fsp3) is 0.438. The van der Waals surface area contributed by atoms with E-state index >= 15 is 0 Å². The maximum atomic E-state index is 12.1. The fourth-order valence-corrected chi connectivity index (χ4v) is 2.54. The summed E-state index contributed by atoms with van der Waals surface area (Å²) in [4.78, 5) is 13.9. The van der Waals surface area contributed by atoms with Gasteiger partial charge in [-0.25, -0.2) is 0 Å². The zero-order valence-corrected chi connectivity index (χ0v) is 11.8. The normalized spacial score (nSPS) is 18.4. The number of likely N-dealkylation sites (tertiary alicyclic amines) is 1. The molecule has 0 bridgehead atoms. The summed E-state index contributed by atoms with van der Waals surface area (Å²) in [6.45, 7) is 3.26. The molecule has 4 nitrogen and oxygen atoms in total. The van der Waals surface area contributed by atoms with Crippen LogP contribution in [0.15, 0.2) is 30.3 Å². The summed E-state index contributed by atoms with van der Waals surface area (Å²) < 4.78 is 0. The molecule has 0 aromatic heterocycles. The molecule has 1 aliphatic heterocycles. The summed E-state index contributed by atoms with van der Waals surface area (Å²) >= 11 is 0. The molecule has 0 radical (unpaired) electrons. The van der Waals surface area contributed by atoms with Crippen molar-refractivity contribution in [2.75, 3.05) is 18.8 Å². The number of rotatable bonds is 3. The minimum Gasteiger partial charge on any atom is -0.399 e. The molecule has 1 aliphatic rings.